The third kappa shape index (κ3) is 4.00. The molecule has 0 fully saturated rings. The fraction of sp³-hybridized carbons (Fsp3) is 0.0909. The standard InChI is InChI=1S/C22H17ClN2O3/c1-14(27-18-5-3-2-4-6-18)21(26)24-17-10-7-15(8-11-17)22-25-19-13-16(23)9-12-20(19)28-22/h2-14H,1H3,(H,24,26). The lowest BCUT2D eigenvalue weighted by Gasteiger charge is -2.14. The maximum atomic E-state index is 12.3. The summed E-state index contributed by atoms with van der Waals surface area (Å²) in [6, 6.07) is 21.8. The van der Waals surface area contributed by atoms with Crippen LogP contribution in [-0.4, -0.2) is 17.0 Å². The van der Waals surface area contributed by atoms with Crippen LogP contribution in [-0.2, 0) is 4.79 Å². The van der Waals surface area contributed by atoms with Gasteiger partial charge in [0.15, 0.2) is 11.7 Å². The largest absolute Gasteiger partial charge is 0.481 e. The summed E-state index contributed by atoms with van der Waals surface area (Å²) >= 11 is 5.99. The normalized spacial score (nSPS) is 11.9. The molecule has 3 aromatic carbocycles. The SMILES string of the molecule is CC(Oc1ccccc1)C(=O)Nc1ccc(-c2nc3cc(Cl)ccc3o2)cc1. The van der Waals surface area contributed by atoms with Crippen LogP contribution in [0.25, 0.3) is 22.6 Å². The third-order valence-corrected chi connectivity index (χ3v) is 4.41. The summed E-state index contributed by atoms with van der Waals surface area (Å²) in [6.07, 6.45) is -0.621. The Hall–Kier alpha value is -3.31. The molecule has 0 aliphatic carbocycles. The van der Waals surface area contributed by atoms with Crippen molar-refractivity contribution in [1.82, 2.24) is 4.98 Å². The zero-order valence-electron chi connectivity index (χ0n) is 15.1. The summed E-state index contributed by atoms with van der Waals surface area (Å²) in [6.45, 7) is 1.71. The third-order valence-electron chi connectivity index (χ3n) is 4.17. The van der Waals surface area contributed by atoms with Gasteiger partial charge in [-0.2, -0.15) is 0 Å². The molecule has 1 heterocycles. The summed E-state index contributed by atoms with van der Waals surface area (Å²) < 4.78 is 11.4. The fourth-order valence-corrected chi connectivity index (χ4v) is 2.89. The highest BCUT2D eigenvalue weighted by Gasteiger charge is 2.15. The number of halogens is 1. The molecule has 140 valence electrons. The first-order valence-corrected chi connectivity index (χ1v) is 9.15. The lowest BCUT2D eigenvalue weighted by Crippen LogP contribution is -2.30. The zero-order chi connectivity index (χ0) is 19.5. The summed E-state index contributed by atoms with van der Waals surface area (Å²) in [5.41, 5.74) is 2.84. The summed E-state index contributed by atoms with van der Waals surface area (Å²) in [5, 5.41) is 3.45. The molecule has 28 heavy (non-hydrogen) atoms. The van der Waals surface area contributed by atoms with Gasteiger partial charge in [-0.05, 0) is 61.5 Å². The van der Waals surface area contributed by atoms with Gasteiger partial charge in [0.25, 0.3) is 5.91 Å². The number of amides is 1. The molecule has 1 amide bonds. The number of fused-ring (bicyclic) bond motifs is 1. The molecule has 1 atom stereocenters. The molecular weight excluding hydrogens is 376 g/mol. The molecule has 0 saturated heterocycles. The van der Waals surface area contributed by atoms with Gasteiger partial charge in [-0.1, -0.05) is 29.8 Å². The molecule has 0 radical (unpaired) electrons. The maximum absolute atomic E-state index is 12.3. The molecule has 5 nitrogen and oxygen atoms in total. The van der Waals surface area contributed by atoms with Crippen LogP contribution < -0.4 is 10.1 Å². The van der Waals surface area contributed by atoms with Crippen molar-refractivity contribution in [2.45, 2.75) is 13.0 Å². The zero-order valence-corrected chi connectivity index (χ0v) is 15.8. The summed E-state index contributed by atoms with van der Waals surface area (Å²) in [4.78, 5) is 16.8. The quantitative estimate of drug-likeness (QED) is 0.483. The number of benzene rings is 3. The Labute approximate surface area is 166 Å². The first-order chi connectivity index (χ1) is 13.6. The Balaban J connectivity index is 1.44. The molecule has 0 saturated carbocycles. The second-order valence-corrected chi connectivity index (χ2v) is 6.71. The van der Waals surface area contributed by atoms with Gasteiger partial charge in [-0.3, -0.25) is 4.79 Å². The van der Waals surface area contributed by atoms with Gasteiger partial charge < -0.3 is 14.5 Å². The van der Waals surface area contributed by atoms with E-state index < -0.39 is 6.10 Å². The number of nitrogens with one attached hydrogen (secondary N) is 1. The number of carbonyl (C=O) groups is 1. The first kappa shape index (κ1) is 18.1. The highest BCUT2D eigenvalue weighted by Crippen LogP contribution is 2.27. The molecule has 0 aliphatic rings. The van der Waals surface area contributed by atoms with Crippen molar-refractivity contribution in [2.24, 2.45) is 0 Å². The second kappa shape index (κ2) is 7.74. The van der Waals surface area contributed by atoms with E-state index in [1.807, 2.05) is 42.5 Å². The number of oxazole rings is 1. The number of hydrogen-bond donors (Lipinski definition) is 1. The predicted octanol–water partition coefficient (Wildman–Crippen LogP) is 5.55. The van der Waals surface area contributed by atoms with Crippen LogP contribution in [0.5, 0.6) is 5.75 Å². The van der Waals surface area contributed by atoms with Crippen molar-refractivity contribution in [3.63, 3.8) is 0 Å². The predicted molar refractivity (Wildman–Crippen MR) is 110 cm³/mol. The van der Waals surface area contributed by atoms with E-state index in [1.54, 1.807) is 37.3 Å². The van der Waals surface area contributed by atoms with Crippen molar-refractivity contribution in [1.29, 1.82) is 0 Å². The lowest BCUT2D eigenvalue weighted by molar-refractivity contribution is -0.122. The summed E-state index contributed by atoms with van der Waals surface area (Å²) in [5.74, 6) is 0.917. The number of anilines is 1. The molecule has 1 N–H and O–H groups in total. The molecular formula is C22H17ClN2O3. The number of carbonyl (C=O) groups excluding carboxylic acids is 1. The van der Waals surface area contributed by atoms with Gasteiger partial charge in [-0.15, -0.1) is 0 Å². The van der Waals surface area contributed by atoms with Crippen molar-refractivity contribution in [2.75, 3.05) is 5.32 Å². The lowest BCUT2D eigenvalue weighted by atomic mass is 10.2. The highest BCUT2D eigenvalue weighted by molar-refractivity contribution is 6.31. The van der Waals surface area contributed by atoms with Crippen molar-refractivity contribution in [3.05, 3.63) is 77.8 Å². The average molecular weight is 393 g/mol. The van der Waals surface area contributed by atoms with E-state index in [2.05, 4.69) is 10.3 Å². The van der Waals surface area contributed by atoms with Crippen LogP contribution in [0.1, 0.15) is 6.92 Å². The topological polar surface area (TPSA) is 64.4 Å². The van der Waals surface area contributed by atoms with E-state index in [-0.39, 0.29) is 5.91 Å². The molecule has 0 aliphatic heterocycles. The highest BCUT2D eigenvalue weighted by atomic mass is 35.5. The second-order valence-electron chi connectivity index (χ2n) is 6.27. The number of hydrogen-bond acceptors (Lipinski definition) is 4. The monoisotopic (exact) mass is 392 g/mol. The number of para-hydroxylation sites is 1. The Bertz CT molecular complexity index is 1110. The van der Waals surface area contributed by atoms with Gasteiger partial charge in [0, 0.05) is 16.3 Å². The van der Waals surface area contributed by atoms with E-state index in [1.165, 1.54) is 0 Å². The number of rotatable bonds is 5. The Morgan fingerprint density at radius 2 is 1.82 bits per heavy atom. The van der Waals surface area contributed by atoms with Crippen LogP contribution in [0.15, 0.2) is 77.2 Å². The van der Waals surface area contributed by atoms with Gasteiger partial charge in [0.2, 0.25) is 5.89 Å². The van der Waals surface area contributed by atoms with Gasteiger partial charge >= 0.3 is 0 Å². The Morgan fingerprint density at radius 1 is 1.07 bits per heavy atom. The molecule has 0 bridgehead atoms. The van der Waals surface area contributed by atoms with Crippen molar-refractivity contribution >= 4 is 34.3 Å². The molecule has 4 rings (SSSR count). The minimum atomic E-state index is -0.621. The van der Waals surface area contributed by atoms with Crippen molar-refractivity contribution in [3.8, 4) is 17.2 Å². The van der Waals surface area contributed by atoms with Crippen LogP contribution in [0.4, 0.5) is 5.69 Å². The van der Waals surface area contributed by atoms with Gasteiger partial charge in [-0.25, -0.2) is 4.98 Å². The van der Waals surface area contributed by atoms with E-state index in [4.69, 9.17) is 20.8 Å². The van der Waals surface area contributed by atoms with Gasteiger partial charge in [0.05, 0.1) is 0 Å². The molecule has 4 aromatic rings. The van der Waals surface area contributed by atoms with Crippen LogP contribution in [0.3, 0.4) is 0 Å². The molecule has 6 heteroatoms. The Morgan fingerprint density at radius 3 is 2.57 bits per heavy atom. The number of ether oxygens (including phenoxy) is 1. The fourth-order valence-electron chi connectivity index (χ4n) is 2.72. The van der Waals surface area contributed by atoms with Crippen LogP contribution in [0, 0.1) is 0 Å². The maximum Gasteiger partial charge on any atom is 0.265 e. The number of nitrogens with zero attached hydrogens (tertiary/aromatic N) is 1. The first-order valence-electron chi connectivity index (χ1n) is 8.77. The number of aromatic nitrogens is 1. The van der Waals surface area contributed by atoms with Crippen LogP contribution >= 0.6 is 11.6 Å². The Kier molecular flexibility index (Phi) is 5.00. The van der Waals surface area contributed by atoms with E-state index in [0.717, 1.165) is 5.56 Å². The summed E-state index contributed by atoms with van der Waals surface area (Å²) in [7, 11) is 0. The molecule has 0 spiro atoms. The van der Waals surface area contributed by atoms with Crippen molar-refractivity contribution < 1.29 is 13.9 Å². The molecule has 1 unspecified atom stereocenters. The van der Waals surface area contributed by atoms with E-state index in [0.29, 0.717) is 33.4 Å². The van der Waals surface area contributed by atoms with E-state index in [9.17, 15) is 4.79 Å². The minimum Gasteiger partial charge on any atom is -0.481 e. The van der Waals surface area contributed by atoms with E-state index >= 15 is 0 Å². The smallest absolute Gasteiger partial charge is 0.265 e. The van der Waals surface area contributed by atoms with Gasteiger partial charge in [0.1, 0.15) is 11.3 Å². The minimum absolute atomic E-state index is 0.229. The van der Waals surface area contributed by atoms with Crippen LogP contribution in [0.2, 0.25) is 5.02 Å². The molecule has 1 aromatic heterocycles. The average Bonchev–Trinajstić information content (AvgIpc) is 3.12.